The van der Waals surface area contributed by atoms with E-state index in [9.17, 15) is 9.59 Å². The number of carbonyl (C=O) groups excluding carboxylic acids is 1. The van der Waals surface area contributed by atoms with Gasteiger partial charge >= 0.3 is 11.8 Å². The van der Waals surface area contributed by atoms with Crippen LogP contribution in [-0.2, 0) is 11.3 Å². The number of amides is 1. The van der Waals surface area contributed by atoms with Gasteiger partial charge in [-0.05, 0) is 19.1 Å². The van der Waals surface area contributed by atoms with Crippen molar-refractivity contribution in [3.63, 3.8) is 0 Å². The van der Waals surface area contributed by atoms with E-state index in [1.165, 1.54) is 4.68 Å². The van der Waals surface area contributed by atoms with Crippen LogP contribution in [0, 0.1) is 0 Å². The molecule has 124 valence electrons. The van der Waals surface area contributed by atoms with Gasteiger partial charge in [0.15, 0.2) is 5.65 Å². The first-order valence-electron chi connectivity index (χ1n) is 7.87. The lowest BCUT2D eigenvalue weighted by Gasteiger charge is -2.33. The maximum atomic E-state index is 12.2. The lowest BCUT2D eigenvalue weighted by atomic mass is 10.3. The minimum absolute atomic E-state index is 0.120. The molecule has 0 aliphatic carbocycles. The summed E-state index contributed by atoms with van der Waals surface area (Å²) < 4.78 is 8.04. The number of fused-ring (bicyclic) bond motifs is 1. The monoisotopic (exact) mass is 319 g/mol. The summed E-state index contributed by atoms with van der Waals surface area (Å²) in [6, 6.07) is 5.49. The molecule has 23 heavy (non-hydrogen) atoms. The average Bonchev–Trinajstić information content (AvgIpc) is 2.90. The molecule has 0 aromatic carbocycles. The Bertz CT molecular complexity index is 730. The smallest absolute Gasteiger partial charge is 0.409 e. The largest absolute Gasteiger partial charge is 0.450 e. The molecule has 1 fully saturated rings. The molecular formula is C15H21N5O3. The summed E-state index contributed by atoms with van der Waals surface area (Å²) >= 11 is 0. The predicted molar refractivity (Wildman–Crippen MR) is 84.5 cm³/mol. The van der Waals surface area contributed by atoms with Gasteiger partial charge in [0.05, 0.1) is 13.2 Å². The number of rotatable bonds is 4. The Labute approximate surface area is 133 Å². The molecule has 8 nitrogen and oxygen atoms in total. The van der Waals surface area contributed by atoms with Crippen molar-refractivity contribution in [3.8, 4) is 0 Å². The zero-order chi connectivity index (χ0) is 16.2. The van der Waals surface area contributed by atoms with Gasteiger partial charge in [-0.2, -0.15) is 0 Å². The molecule has 0 saturated carbocycles. The molecule has 2 aromatic rings. The van der Waals surface area contributed by atoms with E-state index in [0.29, 0.717) is 31.9 Å². The molecule has 2 aromatic heterocycles. The first-order valence-corrected chi connectivity index (χ1v) is 7.87. The van der Waals surface area contributed by atoms with Crippen molar-refractivity contribution >= 4 is 11.7 Å². The summed E-state index contributed by atoms with van der Waals surface area (Å²) in [6.45, 7) is 6.34. The summed E-state index contributed by atoms with van der Waals surface area (Å²) in [5, 5.41) is 4.32. The van der Waals surface area contributed by atoms with Crippen LogP contribution in [0.5, 0.6) is 0 Å². The van der Waals surface area contributed by atoms with Gasteiger partial charge in [0.25, 0.3) is 0 Å². The SMILES string of the molecule is CCOC(=O)N1CCN(CCn2nc3ccccn3c2=O)CC1. The van der Waals surface area contributed by atoms with Crippen molar-refractivity contribution in [2.75, 3.05) is 39.3 Å². The Morgan fingerprint density at radius 2 is 2.00 bits per heavy atom. The van der Waals surface area contributed by atoms with Crippen molar-refractivity contribution in [3.05, 3.63) is 34.9 Å². The molecule has 3 heterocycles. The van der Waals surface area contributed by atoms with Gasteiger partial charge in [0.1, 0.15) is 0 Å². The highest BCUT2D eigenvalue weighted by Crippen LogP contribution is 2.04. The summed E-state index contributed by atoms with van der Waals surface area (Å²) in [7, 11) is 0. The Morgan fingerprint density at radius 1 is 1.22 bits per heavy atom. The summed E-state index contributed by atoms with van der Waals surface area (Å²) in [6.07, 6.45) is 1.47. The van der Waals surface area contributed by atoms with Crippen LogP contribution < -0.4 is 5.69 Å². The Balaban J connectivity index is 1.54. The quantitative estimate of drug-likeness (QED) is 0.809. The second-order valence-corrected chi connectivity index (χ2v) is 5.46. The van der Waals surface area contributed by atoms with Gasteiger partial charge in [-0.25, -0.2) is 14.3 Å². The normalized spacial score (nSPS) is 16.0. The van der Waals surface area contributed by atoms with Crippen molar-refractivity contribution in [1.29, 1.82) is 0 Å². The highest BCUT2D eigenvalue weighted by Gasteiger charge is 2.21. The molecular weight excluding hydrogens is 298 g/mol. The van der Waals surface area contributed by atoms with Crippen LogP contribution >= 0.6 is 0 Å². The number of nitrogens with zero attached hydrogens (tertiary/aromatic N) is 5. The minimum Gasteiger partial charge on any atom is -0.450 e. The fraction of sp³-hybridized carbons (Fsp3) is 0.533. The Kier molecular flexibility index (Phi) is 4.61. The van der Waals surface area contributed by atoms with E-state index in [2.05, 4.69) is 10.00 Å². The summed E-state index contributed by atoms with van der Waals surface area (Å²) in [5.74, 6) is 0. The molecule has 1 aliphatic heterocycles. The van der Waals surface area contributed by atoms with Gasteiger partial charge in [-0.3, -0.25) is 9.30 Å². The fourth-order valence-electron chi connectivity index (χ4n) is 2.72. The topological polar surface area (TPSA) is 72.1 Å². The average molecular weight is 319 g/mol. The number of aromatic nitrogens is 3. The maximum Gasteiger partial charge on any atom is 0.409 e. The van der Waals surface area contributed by atoms with E-state index in [1.54, 1.807) is 22.4 Å². The van der Waals surface area contributed by atoms with Crippen LogP contribution in [0.25, 0.3) is 5.65 Å². The lowest BCUT2D eigenvalue weighted by molar-refractivity contribution is 0.0784. The second-order valence-electron chi connectivity index (χ2n) is 5.46. The zero-order valence-electron chi connectivity index (χ0n) is 13.2. The van der Waals surface area contributed by atoms with Crippen LogP contribution in [0.1, 0.15) is 6.92 Å². The van der Waals surface area contributed by atoms with Crippen molar-refractivity contribution in [2.45, 2.75) is 13.5 Å². The Hall–Kier alpha value is -2.35. The van der Waals surface area contributed by atoms with Crippen molar-refractivity contribution < 1.29 is 9.53 Å². The first kappa shape index (κ1) is 15.5. The Morgan fingerprint density at radius 3 is 2.70 bits per heavy atom. The number of carbonyl (C=O) groups is 1. The van der Waals surface area contributed by atoms with E-state index >= 15 is 0 Å². The standard InChI is InChI=1S/C15H21N5O3/c1-2-23-15(22)18-10-7-17(8-11-18)9-12-20-14(21)19-6-4-3-5-13(19)16-20/h3-6H,2,7-12H2,1H3. The third-order valence-corrected chi connectivity index (χ3v) is 4.01. The number of pyridine rings is 1. The second kappa shape index (κ2) is 6.82. The molecule has 0 spiro atoms. The number of hydrogen-bond acceptors (Lipinski definition) is 5. The molecule has 1 saturated heterocycles. The molecule has 0 N–H and O–H groups in total. The van der Waals surface area contributed by atoms with Gasteiger partial charge < -0.3 is 9.64 Å². The maximum absolute atomic E-state index is 12.2. The molecule has 0 radical (unpaired) electrons. The first-order chi connectivity index (χ1) is 11.2. The highest BCUT2D eigenvalue weighted by molar-refractivity contribution is 5.67. The molecule has 1 amide bonds. The molecule has 0 atom stereocenters. The van der Waals surface area contributed by atoms with Gasteiger partial charge in [0.2, 0.25) is 0 Å². The van der Waals surface area contributed by atoms with Crippen LogP contribution in [0.2, 0.25) is 0 Å². The lowest BCUT2D eigenvalue weighted by Crippen LogP contribution is -2.49. The third-order valence-electron chi connectivity index (χ3n) is 4.01. The third kappa shape index (κ3) is 3.37. The number of piperazine rings is 1. The molecule has 0 unspecified atom stereocenters. The molecule has 8 heteroatoms. The molecule has 3 rings (SSSR count). The van der Waals surface area contributed by atoms with E-state index in [-0.39, 0.29) is 11.8 Å². The van der Waals surface area contributed by atoms with Crippen LogP contribution in [0.15, 0.2) is 29.2 Å². The zero-order valence-corrected chi connectivity index (χ0v) is 13.2. The summed E-state index contributed by atoms with van der Waals surface area (Å²) in [4.78, 5) is 27.8. The number of hydrogen-bond donors (Lipinski definition) is 0. The van der Waals surface area contributed by atoms with Crippen LogP contribution in [0.4, 0.5) is 4.79 Å². The fourth-order valence-corrected chi connectivity index (χ4v) is 2.72. The highest BCUT2D eigenvalue weighted by atomic mass is 16.6. The number of ether oxygens (including phenoxy) is 1. The predicted octanol–water partition coefficient (Wildman–Crippen LogP) is 0.270. The van der Waals surface area contributed by atoms with Crippen molar-refractivity contribution in [2.24, 2.45) is 0 Å². The van der Waals surface area contributed by atoms with Crippen molar-refractivity contribution in [1.82, 2.24) is 24.0 Å². The van der Waals surface area contributed by atoms with E-state index in [0.717, 1.165) is 19.6 Å². The van der Waals surface area contributed by atoms with E-state index < -0.39 is 0 Å². The van der Waals surface area contributed by atoms with E-state index in [4.69, 9.17) is 4.74 Å². The molecule has 1 aliphatic rings. The van der Waals surface area contributed by atoms with Crippen LogP contribution in [-0.4, -0.2) is 69.4 Å². The van der Waals surface area contributed by atoms with Gasteiger partial charge in [0, 0.05) is 38.9 Å². The summed E-state index contributed by atoms with van der Waals surface area (Å²) in [5.41, 5.74) is 0.537. The van der Waals surface area contributed by atoms with Crippen LogP contribution in [0.3, 0.4) is 0 Å². The van der Waals surface area contributed by atoms with Gasteiger partial charge in [-0.15, -0.1) is 5.10 Å². The minimum atomic E-state index is -0.247. The van der Waals surface area contributed by atoms with E-state index in [1.807, 2.05) is 18.2 Å². The molecule has 0 bridgehead atoms. The van der Waals surface area contributed by atoms with Gasteiger partial charge in [-0.1, -0.05) is 6.07 Å².